The Labute approximate surface area is 136 Å². The van der Waals surface area contributed by atoms with E-state index in [1.807, 2.05) is 0 Å². The van der Waals surface area contributed by atoms with Crippen LogP contribution in [-0.2, 0) is 22.4 Å². The maximum atomic E-state index is 5.39. The molecule has 2 fully saturated rings. The summed E-state index contributed by atoms with van der Waals surface area (Å²) in [5, 5.41) is 7.35. The largest absolute Gasteiger partial charge is 0.379 e. The van der Waals surface area contributed by atoms with Crippen LogP contribution in [-0.4, -0.2) is 90.3 Å². The Morgan fingerprint density at radius 1 is 0.909 bits per heavy atom. The molecular weight excluding hydrogens is 302 g/mol. The van der Waals surface area contributed by atoms with Crippen molar-refractivity contribution in [2.45, 2.75) is 13.0 Å². The molecule has 2 aliphatic heterocycles. The third-order valence-electron chi connectivity index (χ3n) is 4.34. The molecular formula is C14H25N5O2S. The van der Waals surface area contributed by atoms with Crippen LogP contribution in [0.15, 0.2) is 0 Å². The van der Waals surface area contributed by atoms with Crippen molar-refractivity contribution in [3.8, 4) is 0 Å². The monoisotopic (exact) mass is 327 g/mol. The second-order valence-corrected chi connectivity index (χ2v) is 6.14. The number of hydrogen-bond acceptors (Lipinski definition) is 6. The van der Waals surface area contributed by atoms with E-state index in [2.05, 4.69) is 24.6 Å². The molecule has 1 aromatic rings. The van der Waals surface area contributed by atoms with Gasteiger partial charge in [0.15, 0.2) is 4.77 Å². The molecule has 8 heteroatoms. The van der Waals surface area contributed by atoms with Gasteiger partial charge in [0.2, 0.25) is 0 Å². The maximum Gasteiger partial charge on any atom is 0.195 e. The molecule has 0 radical (unpaired) electrons. The number of hydrogen-bond donors (Lipinski definition) is 1. The molecule has 0 spiro atoms. The highest BCUT2D eigenvalue weighted by molar-refractivity contribution is 7.71. The second-order valence-electron chi connectivity index (χ2n) is 5.75. The SMILES string of the molecule is S=c1[nH]nc(CCN2CCOCC2)n1CCN1CCOCC1. The van der Waals surface area contributed by atoms with Crippen molar-refractivity contribution in [2.75, 3.05) is 65.7 Å². The smallest absolute Gasteiger partial charge is 0.195 e. The second kappa shape index (κ2) is 8.16. The van der Waals surface area contributed by atoms with Crippen LogP contribution in [0.5, 0.6) is 0 Å². The molecule has 0 amide bonds. The van der Waals surface area contributed by atoms with Gasteiger partial charge in [-0.15, -0.1) is 0 Å². The Kier molecular flexibility index (Phi) is 5.96. The van der Waals surface area contributed by atoms with E-state index in [1.165, 1.54) is 0 Å². The fraction of sp³-hybridized carbons (Fsp3) is 0.857. The Hall–Kier alpha value is -0.800. The highest BCUT2D eigenvalue weighted by Gasteiger charge is 2.14. The van der Waals surface area contributed by atoms with Crippen LogP contribution in [0.3, 0.4) is 0 Å². The summed E-state index contributed by atoms with van der Waals surface area (Å²) in [6, 6.07) is 0. The first-order valence-corrected chi connectivity index (χ1v) is 8.48. The molecule has 0 aromatic carbocycles. The summed E-state index contributed by atoms with van der Waals surface area (Å²) in [5.74, 6) is 1.06. The fourth-order valence-electron chi connectivity index (χ4n) is 2.92. The first-order valence-electron chi connectivity index (χ1n) is 8.07. The third-order valence-corrected chi connectivity index (χ3v) is 4.65. The fourth-order valence-corrected chi connectivity index (χ4v) is 3.16. The minimum atomic E-state index is 0.727. The third kappa shape index (κ3) is 4.36. The Bertz CT molecular complexity index is 506. The number of rotatable bonds is 6. The molecule has 0 bridgehead atoms. The summed E-state index contributed by atoms with van der Waals surface area (Å²) in [4.78, 5) is 4.84. The molecule has 1 aromatic heterocycles. The highest BCUT2D eigenvalue weighted by atomic mass is 32.1. The van der Waals surface area contributed by atoms with Crippen molar-refractivity contribution in [1.29, 1.82) is 0 Å². The number of aromatic nitrogens is 3. The molecule has 0 aliphatic carbocycles. The van der Waals surface area contributed by atoms with Crippen molar-refractivity contribution in [3.63, 3.8) is 0 Å². The van der Waals surface area contributed by atoms with Crippen LogP contribution in [0.1, 0.15) is 5.82 Å². The van der Waals surface area contributed by atoms with Gasteiger partial charge in [0, 0.05) is 52.2 Å². The lowest BCUT2D eigenvalue weighted by Gasteiger charge is -2.27. The lowest BCUT2D eigenvalue weighted by atomic mass is 10.3. The van der Waals surface area contributed by atoms with E-state index in [0.717, 1.165) is 89.3 Å². The van der Waals surface area contributed by atoms with Gasteiger partial charge in [0.25, 0.3) is 0 Å². The number of nitrogens with zero attached hydrogens (tertiary/aromatic N) is 4. The first-order chi connectivity index (χ1) is 10.8. The summed E-state index contributed by atoms with van der Waals surface area (Å²) in [6.45, 7) is 10.3. The summed E-state index contributed by atoms with van der Waals surface area (Å²) in [5.41, 5.74) is 0. The van der Waals surface area contributed by atoms with Crippen LogP contribution in [0.4, 0.5) is 0 Å². The number of H-pyrrole nitrogens is 1. The van der Waals surface area contributed by atoms with Gasteiger partial charge in [0.05, 0.1) is 26.4 Å². The molecule has 22 heavy (non-hydrogen) atoms. The molecule has 3 heterocycles. The Balaban J connectivity index is 1.52. The van der Waals surface area contributed by atoms with E-state index in [-0.39, 0.29) is 0 Å². The van der Waals surface area contributed by atoms with Gasteiger partial charge in [0.1, 0.15) is 5.82 Å². The first kappa shape index (κ1) is 16.1. The summed E-state index contributed by atoms with van der Waals surface area (Å²) in [7, 11) is 0. The van der Waals surface area contributed by atoms with E-state index in [0.29, 0.717) is 0 Å². The highest BCUT2D eigenvalue weighted by Crippen LogP contribution is 2.05. The van der Waals surface area contributed by atoms with E-state index in [1.54, 1.807) is 0 Å². The molecule has 1 N–H and O–H groups in total. The molecule has 7 nitrogen and oxygen atoms in total. The quantitative estimate of drug-likeness (QED) is 0.751. The normalized spacial score (nSPS) is 21.3. The van der Waals surface area contributed by atoms with Crippen LogP contribution < -0.4 is 0 Å². The predicted molar refractivity (Wildman–Crippen MR) is 85.6 cm³/mol. The van der Waals surface area contributed by atoms with Gasteiger partial charge in [-0.2, -0.15) is 5.10 Å². The standard InChI is InChI=1S/C14H25N5O2S/c22-14-16-15-13(1-2-17-5-9-20-10-6-17)19(14)4-3-18-7-11-21-12-8-18/h1-12H2,(H,16,22). The minimum Gasteiger partial charge on any atom is -0.379 e. The molecule has 124 valence electrons. The number of ether oxygens (including phenoxy) is 2. The molecule has 2 aliphatic rings. The van der Waals surface area contributed by atoms with Gasteiger partial charge >= 0.3 is 0 Å². The van der Waals surface area contributed by atoms with E-state index < -0.39 is 0 Å². The number of nitrogens with one attached hydrogen (secondary N) is 1. The zero-order valence-corrected chi connectivity index (χ0v) is 13.8. The van der Waals surface area contributed by atoms with Crippen molar-refractivity contribution >= 4 is 12.2 Å². The number of aromatic amines is 1. The van der Waals surface area contributed by atoms with Crippen LogP contribution in [0.2, 0.25) is 0 Å². The summed E-state index contributed by atoms with van der Waals surface area (Å²) in [6.07, 6.45) is 0.927. The van der Waals surface area contributed by atoms with Crippen molar-refractivity contribution < 1.29 is 9.47 Å². The molecule has 0 unspecified atom stereocenters. The van der Waals surface area contributed by atoms with Crippen LogP contribution >= 0.6 is 12.2 Å². The van der Waals surface area contributed by atoms with Gasteiger partial charge in [-0.25, -0.2) is 0 Å². The van der Waals surface area contributed by atoms with Crippen LogP contribution in [0, 0.1) is 4.77 Å². The molecule has 3 rings (SSSR count). The van der Waals surface area contributed by atoms with E-state index in [4.69, 9.17) is 21.7 Å². The van der Waals surface area contributed by atoms with Gasteiger partial charge in [-0.05, 0) is 12.2 Å². The van der Waals surface area contributed by atoms with E-state index in [9.17, 15) is 0 Å². The van der Waals surface area contributed by atoms with E-state index >= 15 is 0 Å². The molecule has 0 saturated carbocycles. The van der Waals surface area contributed by atoms with Gasteiger partial charge < -0.3 is 14.0 Å². The molecule has 0 atom stereocenters. The predicted octanol–water partition coefficient (Wildman–Crippen LogP) is 0.148. The van der Waals surface area contributed by atoms with Crippen molar-refractivity contribution in [3.05, 3.63) is 10.6 Å². The summed E-state index contributed by atoms with van der Waals surface area (Å²) < 4.78 is 13.6. The zero-order chi connectivity index (χ0) is 15.2. The topological polar surface area (TPSA) is 58.6 Å². The average Bonchev–Trinajstić information content (AvgIpc) is 2.93. The average molecular weight is 327 g/mol. The Morgan fingerprint density at radius 2 is 1.50 bits per heavy atom. The summed E-state index contributed by atoms with van der Waals surface area (Å²) >= 11 is 5.38. The minimum absolute atomic E-state index is 0.727. The van der Waals surface area contributed by atoms with Crippen LogP contribution in [0.25, 0.3) is 0 Å². The lowest BCUT2D eigenvalue weighted by Crippen LogP contribution is -2.39. The zero-order valence-electron chi connectivity index (χ0n) is 13.0. The molecule has 2 saturated heterocycles. The maximum absolute atomic E-state index is 5.39. The van der Waals surface area contributed by atoms with Crippen molar-refractivity contribution in [1.82, 2.24) is 24.6 Å². The Morgan fingerprint density at radius 3 is 2.14 bits per heavy atom. The van der Waals surface area contributed by atoms with Gasteiger partial charge in [-0.1, -0.05) is 0 Å². The lowest BCUT2D eigenvalue weighted by molar-refractivity contribution is 0.0356. The van der Waals surface area contributed by atoms with Gasteiger partial charge in [-0.3, -0.25) is 14.9 Å². The number of morpholine rings is 2. The van der Waals surface area contributed by atoms with Crippen molar-refractivity contribution in [2.24, 2.45) is 0 Å².